The van der Waals surface area contributed by atoms with Crippen LogP contribution in [0.15, 0.2) is 48.8 Å². The molecule has 0 saturated heterocycles. The molecule has 1 atom stereocenters. The highest BCUT2D eigenvalue weighted by molar-refractivity contribution is 5.84. The first-order valence-electron chi connectivity index (χ1n) is 6.83. The van der Waals surface area contributed by atoms with Gasteiger partial charge in [0.1, 0.15) is 17.6 Å². The molecule has 21 heavy (non-hydrogen) atoms. The van der Waals surface area contributed by atoms with Gasteiger partial charge in [0.05, 0.1) is 6.20 Å². The molecule has 5 heteroatoms. The molecule has 0 spiro atoms. The number of amides is 1. The molecule has 0 bridgehead atoms. The number of rotatable bonds is 5. The molecule has 0 radical (unpaired) electrons. The van der Waals surface area contributed by atoms with Gasteiger partial charge in [0.15, 0.2) is 0 Å². The molecule has 0 saturated carbocycles. The lowest BCUT2D eigenvalue weighted by Crippen LogP contribution is -2.19. The highest BCUT2D eigenvalue weighted by Crippen LogP contribution is 2.22. The summed E-state index contributed by atoms with van der Waals surface area (Å²) in [7, 11) is 0. The van der Waals surface area contributed by atoms with Crippen LogP contribution in [0.5, 0.6) is 11.5 Å². The standard InChI is InChI=1S/C16H18N2O3/c1-3-12(2)20-16(19)18-13-6-8-14(9-7-13)21-15-5-4-10-17-11-15/h4-12H,3H2,1-2H3,(H,18,19). The molecule has 1 amide bonds. The normalized spacial score (nSPS) is 11.5. The van der Waals surface area contributed by atoms with Crippen LogP contribution in [-0.2, 0) is 4.74 Å². The SMILES string of the molecule is CCC(C)OC(=O)Nc1ccc(Oc2cccnc2)cc1. The second kappa shape index (κ2) is 7.28. The van der Waals surface area contributed by atoms with E-state index in [4.69, 9.17) is 9.47 Å². The second-order valence-corrected chi connectivity index (χ2v) is 4.56. The average Bonchev–Trinajstić information content (AvgIpc) is 2.50. The van der Waals surface area contributed by atoms with Crippen LogP contribution >= 0.6 is 0 Å². The lowest BCUT2D eigenvalue weighted by atomic mass is 10.3. The number of nitrogens with one attached hydrogen (secondary N) is 1. The Morgan fingerprint density at radius 3 is 2.62 bits per heavy atom. The van der Waals surface area contributed by atoms with Gasteiger partial charge < -0.3 is 9.47 Å². The summed E-state index contributed by atoms with van der Waals surface area (Å²) in [4.78, 5) is 15.6. The minimum Gasteiger partial charge on any atom is -0.456 e. The van der Waals surface area contributed by atoms with Crippen molar-refractivity contribution in [1.29, 1.82) is 0 Å². The number of benzene rings is 1. The Hall–Kier alpha value is -2.56. The van der Waals surface area contributed by atoms with Crippen molar-refractivity contribution in [2.75, 3.05) is 5.32 Å². The van der Waals surface area contributed by atoms with Crippen molar-refractivity contribution in [3.05, 3.63) is 48.8 Å². The van der Waals surface area contributed by atoms with Crippen LogP contribution in [0.3, 0.4) is 0 Å². The van der Waals surface area contributed by atoms with Crippen LogP contribution in [0.1, 0.15) is 20.3 Å². The van der Waals surface area contributed by atoms with E-state index in [1.165, 1.54) is 0 Å². The molecular weight excluding hydrogens is 268 g/mol. The van der Waals surface area contributed by atoms with Gasteiger partial charge in [-0.25, -0.2) is 4.79 Å². The number of carbonyl (C=O) groups is 1. The number of carbonyl (C=O) groups excluding carboxylic acids is 1. The number of ether oxygens (including phenoxy) is 2. The van der Waals surface area contributed by atoms with E-state index in [-0.39, 0.29) is 6.10 Å². The molecule has 0 aliphatic heterocycles. The zero-order valence-corrected chi connectivity index (χ0v) is 12.1. The fourth-order valence-electron chi connectivity index (χ4n) is 1.56. The summed E-state index contributed by atoms with van der Waals surface area (Å²) in [5, 5.41) is 2.67. The maximum absolute atomic E-state index is 11.6. The van der Waals surface area contributed by atoms with Gasteiger partial charge in [-0.2, -0.15) is 0 Å². The van der Waals surface area contributed by atoms with E-state index in [0.29, 0.717) is 17.2 Å². The van der Waals surface area contributed by atoms with Crippen molar-refractivity contribution in [3.8, 4) is 11.5 Å². The summed E-state index contributed by atoms with van der Waals surface area (Å²) >= 11 is 0. The minimum absolute atomic E-state index is 0.0989. The Morgan fingerprint density at radius 2 is 2.00 bits per heavy atom. The Bertz CT molecular complexity index is 570. The molecule has 1 heterocycles. The van der Waals surface area contributed by atoms with Crippen LogP contribution in [0.25, 0.3) is 0 Å². The van der Waals surface area contributed by atoms with E-state index in [0.717, 1.165) is 6.42 Å². The summed E-state index contributed by atoms with van der Waals surface area (Å²) in [6.07, 6.45) is 3.55. The summed E-state index contributed by atoms with van der Waals surface area (Å²) < 4.78 is 10.8. The molecule has 1 aromatic carbocycles. The van der Waals surface area contributed by atoms with Crippen molar-refractivity contribution in [2.45, 2.75) is 26.4 Å². The van der Waals surface area contributed by atoms with Crippen LogP contribution in [0.2, 0.25) is 0 Å². The largest absolute Gasteiger partial charge is 0.456 e. The molecule has 1 N–H and O–H groups in total. The molecular formula is C16H18N2O3. The van der Waals surface area contributed by atoms with Gasteiger partial charge in [-0.05, 0) is 49.7 Å². The molecule has 0 aliphatic rings. The van der Waals surface area contributed by atoms with Crippen molar-refractivity contribution in [2.24, 2.45) is 0 Å². The fraction of sp³-hybridized carbons (Fsp3) is 0.250. The first-order chi connectivity index (χ1) is 10.2. The van der Waals surface area contributed by atoms with E-state index < -0.39 is 6.09 Å². The number of hydrogen-bond donors (Lipinski definition) is 1. The van der Waals surface area contributed by atoms with Crippen molar-refractivity contribution in [1.82, 2.24) is 4.98 Å². The zero-order valence-electron chi connectivity index (χ0n) is 12.1. The summed E-state index contributed by atoms with van der Waals surface area (Å²) in [6.45, 7) is 3.81. The summed E-state index contributed by atoms with van der Waals surface area (Å²) in [5.74, 6) is 1.33. The lowest BCUT2D eigenvalue weighted by molar-refractivity contribution is 0.118. The van der Waals surface area contributed by atoms with Crippen LogP contribution in [0.4, 0.5) is 10.5 Å². The summed E-state index contributed by atoms with van der Waals surface area (Å²) in [6, 6.07) is 10.7. The van der Waals surface area contributed by atoms with Gasteiger partial charge in [-0.3, -0.25) is 10.3 Å². The number of aromatic nitrogens is 1. The third-order valence-corrected chi connectivity index (χ3v) is 2.85. The molecule has 1 aromatic heterocycles. The Balaban J connectivity index is 1.91. The molecule has 5 nitrogen and oxygen atoms in total. The molecule has 0 fully saturated rings. The van der Waals surface area contributed by atoms with Gasteiger partial charge in [-0.1, -0.05) is 6.92 Å². The molecule has 1 unspecified atom stereocenters. The second-order valence-electron chi connectivity index (χ2n) is 4.56. The molecule has 0 aliphatic carbocycles. The predicted octanol–water partition coefficient (Wildman–Crippen LogP) is 4.22. The van der Waals surface area contributed by atoms with Gasteiger partial charge in [-0.15, -0.1) is 0 Å². The van der Waals surface area contributed by atoms with Crippen molar-refractivity contribution < 1.29 is 14.3 Å². The number of anilines is 1. The van der Waals surface area contributed by atoms with E-state index in [1.54, 1.807) is 42.7 Å². The van der Waals surface area contributed by atoms with Gasteiger partial charge in [0, 0.05) is 11.9 Å². The maximum atomic E-state index is 11.6. The van der Waals surface area contributed by atoms with Gasteiger partial charge in [0.25, 0.3) is 0 Å². The van der Waals surface area contributed by atoms with Crippen LogP contribution in [0, 0.1) is 0 Å². The Labute approximate surface area is 123 Å². The monoisotopic (exact) mass is 286 g/mol. The van der Waals surface area contributed by atoms with Crippen molar-refractivity contribution >= 4 is 11.8 Å². The topological polar surface area (TPSA) is 60.5 Å². The quantitative estimate of drug-likeness (QED) is 0.894. The molecule has 2 rings (SSSR count). The third kappa shape index (κ3) is 4.80. The minimum atomic E-state index is -0.453. The fourth-order valence-corrected chi connectivity index (χ4v) is 1.56. The van der Waals surface area contributed by atoms with Crippen LogP contribution in [-0.4, -0.2) is 17.2 Å². The average molecular weight is 286 g/mol. The van der Waals surface area contributed by atoms with E-state index >= 15 is 0 Å². The van der Waals surface area contributed by atoms with E-state index in [1.807, 2.05) is 19.9 Å². The summed E-state index contributed by atoms with van der Waals surface area (Å²) in [5.41, 5.74) is 0.654. The molecule has 2 aromatic rings. The lowest BCUT2D eigenvalue weighted by Gasteiger charge is -2.12. The van der Waals surface area contributed by atoms with E-state index in [9.17, 15) is 4.79 Å². The van der Waals surface area contributed by atoms with Gasteiger partial charge in [0.2, 0.25) is 0 Å². The number of pyridine rings is 1. The van der Waals surface area contributed by atoms with Crippen LogP contribution < -0.4 is 10.1 Å². The number of hydrogen-bond acceptors (Lipinski definition) is 4. The molecule has 110 valence electrons. The van der Waals surface area contributed by atoms with Crippen molar-refractivity contribution in [3.63, 3.8) is 0 Å². The third-order valence-electron chi connectivity index (χ3n) is 2.85. The van der Waals surface area contributed by atoms with E-state index in [2.05, 4.69) is 10.3 Å². The first kappa shape index (κ1) is 14.8. The highest BCUT2D eigenvalue weighted by atomic mass is 16.6. The Kier molecular flexibility index (Phi) is 5.15. The number of nitrogens with zero attached hydrogens (tertiary/aromatic N) is 1. The maximum Gasteiger partial charge on any atom is 0.411 e. The first-order valence-corrected chi connectivity index (χ1v) is 6.83. The highest BCUT2D eigenvalue weighted by Gasteiger charge is 2.07. The smallest absolute Gasteiger partial charge is 0.411 e. The van der Waals surface area contributed by atoms with Gasteiger partial charge >= 0.3 is 6.09 Å². The zero-order chi connectivity index (χ0) is 15.1. The predicted molar refractivity (Wildman–Crippen MR) is 80.6 cm³/mol. The Morgan fingerprint density at radius 1 is 1.24 bits per heavy atom.